The van der Waals surface area contributed by atoms with Crippen molar-refractivity contribution < 1.29 is 23.5 Å². The molecule has 8 heteroatoms. The van der Waals surface area contributed by atoms with Gasteiger partial charge in [-0.15, -0.1) is 11.6 Å². The van der Waals surface area contributed by atoms with Gasteiger partial charge in [0.1, 0.15) is 5.75 Å². The van der Waals surface area contributed by atoms with Crippen LogP contribution in [0.3, 0.4) is 0 Å². The summed E-state index contributed by atoms with van der Waals surface area (Å²) in [5, 5.41) is 19.9. The largest absolute Gasteiger partial charge is 0.430 e. The summed E-state index contributed by atoms with van der Waals surface area (Å²) in [6.45, 7) is 0. The number of aliphatic hydroxyl groups is 1. The zero-order valence-corrected chi connectivity index (χ0v) is 8.95. The first-order valence-electron chi connectivity index (χ1n) is 4.49. The van der Waals surface area contributed by atoms with Gasteiger partial charge in [-0.05, 0) is 0 Å². The number of nitro groups is 1. The smallest absolute Gasteiger partial charge is 0.429 e. The molecule has 1 aromatic carbocycles. The first-order valence-corrected chi connectivity index (χ1v) is 5.02. The number of fused-ring (bicyclic) bond motifs is 1. The topological polar surface area (TPSA) is 72.6 Å². The lowest BCUT2D eigenvalue weighted by Gasteiger charge is -2.11. The lowest BCUT2D eigenvalue weighted by molar-refractivity contribution is -0.385. The number of hydrogen-bond donors (Lipinski definition) is 1. The van der Waals surface area contributed by atoms with E-state index in [1.807, 2.05) is 0 Å². The summed E-state index contributed by atoms with van der Waals surface area (Å²) in [5.74, 6) is -0.518. The van der Waals surface area contributed by atoms with E-state index < -0.39 is 22.8 Å². The summed E-state index contributed by atoms with van der Waals surface area (Å²) in [6.07, 6.45) is -6.02. The fourth-order valence-corrected chi connectivity index (χ4v) is 1.80. The first kappa shape index (κ1) is 12.0. The fourth-order valence-electron chi connectivity index (χ4n) is 1.60. The predicted molar refractivity (Wildman–Crippen MR) is 53.2 cm³/mol. The van der Waals surface area contributed by atoms with Gasteiger partial charge in [0.05, 0.1) is 10.8 Å². The van der Waals surface area contributed by atoms with Crippen molar-refractivity contribution in [2.75, 3.05) is 0 Å². The molecule has 1 N–H and O–H groups in total. The Balaban J connectivity index is 2.61. The molecule has 1 aromatic rings. The van der Waals surface area contributed by atoms with Gasteiger partial charge in [-0.3, -0.25) is 10.1 Å². The van der Waals surface area contributed by atoms with E-state index in [0.717, 1.165) is 12.1 Å². The van der Waals surface area contributed by atoms with Gasteiger partial charge in [0.2, 0.25) is 0 Å². The number of halogens is 3. The van der Waals surface area contributed by atoms with Gasteiger partial charge in [0.15, 0.2) is 6.10 Å². The second-order valence-electron chi connectivity index (χ2n) is 3.48. The van der Waals surface area contributed by atoms with Crippen molar-refractivity contribution in [3.05, 3.63) is 33.4 Å². The molecule has 0 amide bonds. The summed E-state index contributed by atoms with van der Waals surface area (Å²) in [6, 6.07) is 1.90. The molecular formula is C9H6ClF2NO4. The average molecular weight is 266 g/mol. The molecule has 0 aromatic heterocycles. The first-order chi connectivity index (χ1) is 7.86. The summed E-state index contributed by atoms with van der Waals surface area (Å²) in [5.41, 5.74) is -0.688. The molecule has 0 fully saturated rings. The minimum atomic E-state index is -3.79. The van der Waals surface area contributed by atoms with Gasteiger partial charge in [-0.25, -0.2) is 0 Å². The highest BCUT2D eigenvalue weighted by atomic mass is 35.5. The van der Waals surface area contributed by atoms with E-state index in [1.54, 1.807) is 0 Å². The molecule has 17 heavy (non-hydrogen) atoms. The fraction of sp³-hybridized carbons (Fsp3) is 0.333. The Morgan fingerprint density at radius 1 is 1.59 bits per heavy atom. The second-order valence-corrected chi connectivity index (χ2v) is 3.75. The van der Waals surface area contributed by atoms with E-state index in [4.69, 9.17) is 11.6 Å². The van der Waals surface area contributed by atoms with Gasteiger partial charge in [-0.1, -0.05) is 0 Å². The van der Waals surface area contributed by atoms with E-state index >= 15 is 0 Å². The van der Waals surface area contributed by atoms with Crippen LogP contribution in [-0.4, -0.2) is 16.1 Å². The van der Waals surface area contributed by atoms with Crippen LogP contribution in [-0.2, 0) is 5.88 Å². The maximum Gasteiger partial charge on any atom is 0.429 e. The molecule has 92 valence electrons. The summed E-state index contributed by atoms with van der Waals surface area (Å²) >= 11 is 5.50. The van der Waals surface area contributed by atoms with Crippen LogP contribution in [0, 0.1) is 10.1 Å². The van der Waals surface area contributed by atoms with Gasteiger partial charge in [0.25, 0.3) is 5.69 Å². The normalized spacial score (nSPS) is 20.8. The lowest BCUT2D eigenvalue weighted by atomic mass is 10.1. The van der Waals surface area contributed by atoms with Crippen molar-refractivity contribution in [2.24, 2.45) is 0 Å². The summed E-state index contributed by atoms with van der Waals surface area (Å²) in [4.78, 5) is 9.84. The van der Waals surface area contributed by atoms with Crippen molar-refractivity contribution in [2.45, 2.75) is 18.1 Å². The standard InChI is InChI=1S/C9H6ClF2NO4/c10-3-4-1-5(13(15)16)2-6-7(4)17-9(11,12)8(6)14/h1-2,8,14H,3H2. The van der Waals surface area contributed by atoms with Gasteiger partial charge >= 0.3 is 6.11 Å². The van der Waals surface area contributed by atoms with Gasteiger partial charge in [0, 0.05) is 23.3 Å². The number of nitro benzene ring substituents is 1. The molecule has 0 aliphatic carbocycles. The summed E-state index contributed by atoms with van der Waals surface area (Å²) < 4.78 is 30.5. The Morgan fingerprint density at radius 2 is 2.24 bits per heavy atom. The monoisotopic (exact) mass is 265 g/mol. The van der Waals surface area contributed by atoms with E-state index in [2.05, 4.69) is 4.74 Å². The van der Waals surface area contributed by atoms with Crippen molar-refractivity contribution >= 4 is 17.3 Å². The van der Waals surface area contributed by atoms with Crippen LogP contribution >= 0.6 is 11.6 Å². The highest BCUT2D eigenvalue weighted by Gasteiger charge is 2.51. The summed E-state index contributed by atoms with van der Waals surface area (Å²) in [7, 11) is 0. The second kappa shape index (κ2) is 3.78. The lowest BCUT2D eigenvalue weighted by Crippen LogP contribution is -2.26. The number of aliphatic hydroxyl groups excluding tert-OH is 1. The number of rotatable bonds is 2. The molecule has 1 heterocycles. The van der Waals surface area contributed by atoms with Crippen LogP contribution < -0.4 is 4.74 Å². The van der Waals surface area contributed by atoms with Crippen LogP contribution in [0.4, 0.5) is 14.5 Å². The Bertz CT molecular complexity index is 494. The number of hydrogen-bond acceptors (Lipinski definition) is 4. The molecule has 0 spiro atoms. The van der Waals surface area contributed by atoms with Gasteiger partial charge in [-0.2, -0.15) is 8.78 Å². The van der Waals surface area contributed by atoms with Crippen LogP contribution in [0.15, 0.2) is 12.1 Å². The number of alkyl halides is 3. The molecular weight excluding hydrogens is 260 g/mol. The minimum absolute atomic E-state index is 0.0482. The molecule has 0 radical (unpaired) electrons. The zero-order valence-electron chi connectivity index (χ0n) is 8.19. The van der Waals surface area contributed by atoms with Gasteiger partial charge < -0.3 is 9.84 Å². The third-order valence-electron chi connectivity index (χ3n) is 2.39. The minimum Gasteiger partial charge on any atom is -0.430 e. The molecule has 1 aliphatic rings. The number of non-ortho nitro benzene ring substituents is 1. The van der Waals surface area contributed by atoms with Crippen molar-refractivity contribution in [1.82, 2.24) is 0 Å². The average Bonchev–Trinajstić information content (AvgIpc) is 2.49. The van der Waals surface area contributed by atoms with E-state index in [0.29, 0.717) is 0 Å². The third kappa shape index (κ3) is 1.81. The molecule has 1 unspecified atom stereocenters. The Morgan fingerprint density at radius 3 is 2.76 bits per heavy atom. The molecule has 1 aliphatic heterocycles. The number of nitrogens with zero attached hydrogens (tertiary/aromatic N) is 1. The Hall–Kier alpha value is -1.47. The van der Waals surface area contributed by atoms with E-state index in [1.165, 1.54) is 0 Å². The highest BCUT2D eigenvalue weighted by molar-refractivity contribution is 6.17. The Labute approximate surface area is 98.7 Å². The predicted octanol–water partition coefficient (Wildman–Crippen LogP) is 2.35. The molecule has 2 rings (SSSR count). The van der Waals surface area contributed by atoms with Crippen LogP contribution in [0.5, 0.6) is 5.75 Å². The van der Waals surface area contributed by atoms with E-state index in [9.17, 15) is 24.0 Å². The van der Waals surface area contributed by atoms with Crippen LogP contribution in [0.25, 0.3) is 0 Å². The van der Waals surface area contributed by atoms with Crippen LogP contribution in [0.2, 0.25) is 0 Å². The van der Waals surface area contributed by atoms with Crippen molar-refractivity contribution in [3.63, 3.8) is 0 Å². The Kier molecular flexibility index (Phi) is 2.67. The highest BCUT2D eigenvalue weighted by Crippen LogP contribution is 2.48. The van der Waals surface area contributed by atoms with Crippen LogP contribution in [0.1, 0.15) is 17.2 Å². The quantitative estimate of drug-likeness (QED) is 0.506. The molecule has 0 saturated heterocycles. The van der Waals surface area contributed by atoms with Crippen molar-refractivity contribution in [3.8, 4) is 5.75 Å². The SMILES string of the molecule is O=[N+]([O-])c1cc(CCl)c2c(c1)C(O)C(F)(F)O2. The van der Waals surface area contributed by atoms with Crippen molar-refractivity contribution in [1.29, 1.82) is 0 Å². The molecule has 0 bridgehead atoms. The maximum absolute atomic E-state index is 13.1. The molecule has 5 nitrogen and oxygen atoms in total. The molecule has 1 atom stereocenters. The maximum atomic E-state index is 13.1. The number of ether oxygens (including phenoxy) is 1. The third-order valence-corrected chi connectivity index (χ3v) is 2.67. The number of benzene rings is 1. The van der Waals surface area contributed by atoms with E-state index in [-0.39, 0.29) is 22.8 Å². The zero-order chi connectivity index (χ0) is 12.8. The molecule has 0 saturated carbocycles.